The molecular formula is C9H16N2O4S2. The number of sulfonamides is 1. The van der Waals surface area contributed by atoms with Crippen LogP contribution in [0.25, 0.3) is 0 Å². The third-order valence-electron chi connectivity index (χ3n) is 2.10. The third kappa shape index (κ3) is 5.39. The molecule has 2 atom stereocenters. The Hall–Kier alpha value is -0.780. The maximum Gasteiger partial charge on any atom is 0.321 e. The highest BCUT2D eigenvalue weighted by molar-refractivity contribution is 7.98. The molecule has 0 fully saturated rings. The molecule has 0 radical (unpaired) electrons. The number of hydrogen-bond donors (Lipinski definition) is 2. The van der Waals surface area contributed by atoms with Gasteiger partial charge in [-0.3, -0.25) is 4.79 Å². The van der Waals surface area contributed by atoms with Crippen molar-refractivity contribution in [3.05, 3.63) is 0 Å². The zero-order valence-electron chi connectivity index (χ0n) is 9.71. The zero-order chi connectivity index (χ0) is 13.5. The summed E-state index contributed by atoms with van der Waals surface area (Å²) in [7, 11) is -3.90. The van der Waals surface area contributed by atoms with E-state index < -0.39 is 27.3 Å². The molecule has 0 aliphatic carbocycles. The number of rotatable bonds is 8. The van der Waals surface area contributed by atoms with Gasteiger partial charge in [0.05, 0.1) is 6.07 Å². The summed E-state index contributed by atoms with van der Waals surface area (Å²) in [6.07, 6.45) is 2.12. The highest BCUT2D eigenvalue weighted by Crippen LogP contribution is 2.07. The van der Waals surface area contributed by atoms with E-state index in [1.807, 2.05) is 0 Å². The predicted molar refractivity (Wildman–Crippen MR) is 66.2 cm³/mol. The summed E-state index contributed by atoms with van der Waals surface area (Å²) in [4.78, 5) is 10.9. The Bertz CT molecular complexity index is 388. The Morgan fingerprint density at radius 3 is 2.53 bits per heavy atom. The van der Waals surface area contributed by atoms with Crippen molar-refractivity contribution < 1.29 is 18.3 Å². The highest BCUT2D eigenvalue weighted by atomic mass is 32.2. The van der Waals surface area contributed by atoms with Gasteiger partial charge >= 0.3 is 5.97 Å². The molecule has 0 saturated heterocycles. The summed E-state index contributed by atoms with van der Waals surface area (Å²) in [6.45, 7) is 1.56. The molecule has 6 nitrogen and oxygen atoms in total. The molecule has 0 saturated carbocycles. The van der Waals surface area contributed by atoms with Crippen LogP contribution in [-0.4, -0.2) is 42.8 Å². The molecule has 0 bridgehead atoms. The van der Waals surface area contributed by atoms with Crippen LogP contribution < -0.4 is 4.72 Å². The first kappa shape index (κ1) is 16.2. The maximum absolute atomic E-state index is 11.7. The Morgan fingerprint density at radius 1 is 1.59 bits per heavy atom. The average Bonchev–Trinajstić information content (AvgIpc) is 2.25. The van der Waals surface area contributed by atoms with Gasteiger partial charge < -0.3 is 5.11 Å². The van der Waals surface area contributed by atoms with Crippen molar-refractivity contribution in [3.63, 3.8) is 0 Å². The standard InChI is InChI=1S/C9H16N2O4S2/c1-3-7(6-10)17(14,15)11-8(9(12)13)4-5-16-2/h7-8,11H,3-5H2,1-2H3,(H,12,13)/t7?,8-/m1/s1. The molecule has 1 unspecified atom stereocenters. The summed E-state index contributed by atoms with van der Waals surface area (Å²) in [5, 5.41) is 16.3. The van der Waals surface area contributed by atoms with Crippen molar-refractivity contribution in [3.8, 4) is 6.07 Å². The minimum Gasteiger partial charge on any atom is -0.480 e. The Labute approximate surface area is 105 Å². The molecule has 17 heavy (non-hydrogen) atoms. The first-order valence-corrected chi connectivity index (χ1v) is 7.95. The largest absolute Gasteiger partial charge is 0.480 e. The van der Waals surface area contributed by atoms with Gasteiger partial charge in [0.1, 0.15) is 6.04 Å². The molecular weight excluding hydrogens is 264 g/mol. The molecule has 0 aromatic rings. The second-order valence-corrected chi connectivity index (χ2v) is 6.24. The molecule has 0 rings (SSSR count). The second-order valence-electron chi connectivity index (χ2n) is 3.36. The summed E-state index contributed by atoms with van der Waals surface area (Å²) in [5.74, 6) is -0.696. The van der Waals surface area contributed by atoms with E-state index in [0.29, 0.717) is 5.75 Å². The van der Waals surface area contributed by atoms with Crippen LogP contribution in [0.5, 0.6) is 0 Å². The van der Waals surface area contributed by atoms with Crippen LogP contribution in [0.1, 0.15) is 19.8 Å². The number of carboxylic acids is 1. The Kier molecular flexibility index (Phi) is 7.18. The molecule has 0 aromatic carbocycles. The van der Waals surface area contributed by atoms with Crippen LogP contribution in [0, 0.1) is 11.3 Å². The molecule has 8 heteroatoms. The lowest BCUT2D eigenvalue weighted by Crippen LogP contribution is -2.44. The van der Waals surface area contributed by atoms with Gasteiger partial charge in [0, 0.05) is 0 Å². The zero-order valence-corrected chi connectivity index (χ0v) is 11.3. The van der Waals surface area contributed by atoms with E-state index in [4.69, 9.17) is 10.4 Å². The van der Waals surface area contributed by atoms with E-state index in [1.54, 1.807) is 19.2 Å². The number of carboxylic acid groups (broad SMARTS) is 1. The van der Waals surface area contributed by atoms with Crippen LogP contribution in [0.2, 0.25) is 0 Å². The number of aliphatic carboxylic acids is 1. The number of nitrogens with one attached hydrogen (secondary N) is 1. The minimum absolute atomic E-state index is 0.126. The van der Waals surface area contributed by atoms with Gasteiger partial charge in [-0.25, -0.2) is 8.42 Å². The molecule has 0 aromatic heterocycles. The lowest BCUT2D eigenvalue weighted by atomic mass is 10.2. The van der Waals surface area contributed by atoms with Crippen molar-refractivity contribution in [2.24, 2.45) is 0 Å². The number of hydrogen-bond acceptors (Lipinski definition) is 5. The van der Waals surface area contributed by atoms with E-state index in [1.165, 1.54) is 11.8 Å². The monoisotopic (exact) mass is 280 g/mol. The lowest BCUT2D eigenvalue weighted by molar-refractivity contribution is -0.139. The van der Waals surface area contributed by atoms with Crippen molar-refractivity contribution in [2.75, 3.05) is 12.0 Å². The van der Waals surface area contributed by atoms with E-state index in [2.05, 4.69) is 4.72 Å². The minimum atomic E-state index is -3.90. The normalized spacial score (nSPS) is 14.9. The average molecular weight is 280 g/mol. The van der Waals surface area contributed by atoms with E-state index in [-0.39, 0.29) is 12.8 Å². The number of nitriles is 1. The van der Waals surface area contributed by atoms with Crippen LogP contribution in [0.3, 0.4) is 0 Å². The van der Waals surface area contributed by atoms with E-state index in [0.717, 1.165) is 0 Å². The number of carbonyl (C=O) groups is 1. The number of nitrogens with zero attached hydrogens (tertiary/aromatic N) is 1. The summed E-state index contributed by atoms with van der Waals surface area (Å²) in [5.41, 5.74) is 0. The first-order valence-electron chi connectivity index (χ1n) is 5.01. The molecule has 2 N–H and O–H groups in total. The SMILES string of the molecule is CCC(C#N)S(=O)(=O)N[C@H](CCSC)C(=O)O. The van der Waals surface area contributed by atoms with Crippen LogP contribution >= 0.6 is 11.8 Å². The first-order chi connectivity index (χ1) is 7.88. The second kappa shape index (κ2) is 7.53. The molecule has 0 heterocycles. The number of thioether (sulfide) groups is 1. The summed E-state index contributed by atoms with van der Waals surface area (Å²) in [6, 6.07) is 0.472. The lowest BCUT2D eigenvalue weighted by Gasteiger charge is -2.16. The molecule has 0 amide bonds. The van der Waals surface area contributed by atoms with Crippen molar-refractivity contribution in [1.82, 2.24) is 4.72 Å². The van der Waals surface area contributed by atoms with Crippen molar-refractivity contribution >= 4 is 27.8 Å². The maximum atomic E-state index is 11.7. The van der Waals surface area contributed by atoms with Crippen LogP contribution in [0.15, 0.2) is 0 Å². The highest BCUT2D eigenvalue weighted by Gasteiger charge is 2.29. The van der Waals surface area contributed by atoms with Gasteiger partial charge in [0.15, 0.2) is 5.25 Å². The van der Waals surface area contributed by atoms with Crippen molar-refractivity contribution in [2.45, 2.75) is 31.1 Å². The van der Waals surface area contributed by atoms with E-state index in [9.17, 15) is 13.2 Å². The van der Waals surface area contributed by atoms with Gasteiger partial charge in [-0.15, -0.1) is 0 Å². The van der Waals surface area contributed by atoms with Gasteiger partial charge in [-0.2, -0.15) is 21.7 Å². The van der Waals surface area contributed by atoms with Crippen molar-refractivity contribution in [1.29, 1.82) is 5.26 Å². The van der Waals surface area contributed by atoms with Gasteiger partial charge in [-0.1, -0.05) is 6.92 Å². The van der Waals surface area contributed by atoms with Gasteiger partial charge in [0.2, 0.25) is 10.0 Å². The van der Waals surface area contributed by atoms with Gasteiger partial charge in [-0.05, 0) is 24.9 Å². The Balaban J connectivity index is 4.76. The van der Waals surface area contributed by atoms with E-state index >= 15 is 0 Å². The fourth-order valence-corrected chi connectivity index (χ4v) is 2.96. The summed E-state index contributed by atoms with van der Waals surface area (Å²) < 4.78 is 25.4. The molecule has 0 spiro atoms. The summed E-state index contributed by atoms with van der Waals surface area (Å²) >= 11 is 1.43. The quantitative estimate of drug-likeness (QED) is 0.667. The molecule has 0 aliphatic heterocycles. The van der Waals surface area contributed by atoms with Crippen LogP contribution in [-0.2, 0) is 14.8 Å². The van der Waals surface area contributed by atoms with Crippen LogP contribution in [0.4, 0.5) is 0 Å². The molecule has 98 valence electrons. The predicted octanol–water partition coefficient (Wildman–Crippen LogP) is 0.414. The molecule has 0 aliphatic rings. The fourth-order valence-electron chi connectivity index (χ4n) is 1.13. The fraction of sp³-hybridized carbons (Fsp3) is 0.778. The smallest absolute Gasteiger partial charge is 0.321 e. The topological polar surface area (TPSA) is 107 Å². The third-order valence-corrected chi connectivity index (χ3v) is 4.55. The van der Waals surface area contributed by atoms with Gasteiger partial charge in [0.25, 0.3) is 0 Å². The Morgan fingerprint density at radius 2 is 2.18 bits per heavy atom.